The monoisotopic (exact) mass is 735 g/mol. The Labute approximate surface area is 325 Å². The first-order valence-electron chi connectivity index (χ1n) is 18.8. The third kappa shape index (κ3) is 5.49. The van der Waals surface area contributed by atoms with Crippen molar-refractivity contribution >= 4 is 81.8 Å². The van der Waals surface area contributed by atoms with Gasteiger partial charge in [0, 0.05) is 71.0 Å². The zero-order valence-corrected chi connectivity index (χ0v) is 32.4. The van der Waals surface area contributed by atoms with Crippen molar-refractivity contribution in [1.82, 2.24) is 9.55 Å². The van der Waals surface area contributed by atoms with Gasteiger partial charge in [-0.05, 0) is 76.3 Å². The van der Waals surface area contributed by atoms with Crippen LogP contribution in [0.3, 0.4) is 0 Å². The number of pyridine rings is 1. The van der Waals surface area contributed by atoms with Gasteiger partial charge in [0.2, 0.25) is 0 Å². The van der Waals surface area contributed by atoms with Gasteiger partial charge in [-0.3, -0.25) is 4.57 Å². The summed E-state index contributed by atoms with van der Waals surface area (Å²) in [5, 5.41) is 4.92. The summed E-state index contributed by atoms with van der Waals surface area (Å²) in [7, 11) is 4.14. The average Bonchev–Trinajstić information content (AvgIpc) is 3.87. The molecule has 7 heteroatoms. The van der Waals surface area contributed by atoms with Gasteiger partial charge in [0.05, 0.1) is 27.1 Å². The van der Waals surface area contributed by atoms with Crippen LogP contribution in [-0.2, 0) is 5.41 Å². The molecular formula is C48H41N5OS. The van der Waals surface area contributed by atoms with Crippen molar-refractivity contribution in [2.24, 2.45) is 0 Å². The molecule has 0 aliphatic carbocycles. The Morgan fingerprint density at radius 2 is 1.42 bits per heavy atom. The van der Waals surface area contributed by atoms with Gasteiger partial charge < -0.3 is 19.4 Å². The van der Waals surface area contributed by atoms with Gasteiger partial charge >= 0.3 is 0 Å². The molecule has 0 fully saturated rings. The fraction of sp³-hybridized carbons (Fsp3) is 0.146. The fourth-order valence-corrected chi connectivity index (χ4v) is 9.44. The van der Waals surface area contributed by atoms with E-state index in [-0.39, 0.29) is 5.41 Å². The average molecular weight is 736 g/mol. The molecule has 0 saturated carbocycles. The highest BCUT2D eigenvalue weighted by molar-refractivity contribution is 7.27. The molecule has 1 aliphatic heterocycles. The molecule has 1 aliphatic rings. The number of benzene rings is 6. The van der Waals surface area contributed by atoms with E-state index >= 15 is 0 Å². The maximum Gasteiger partial charge on any atom is 0.139 e. The Morgan fingerprint density at radius 1 is 0.673 bits per heavy atom. The molecule has 9 aromatic rings. The quantitative estimate of drug-likeness (QED) is 0.170. The largest absolute Gasteiger partial charge is 0.457 e. The van der Waals surface area contributed by atoms with Crippen LogP contribution in [-0.4, -0.2) is 30.3 Å². The summed E-state index contributed by atoms with van der Waals surface area (Å²) in [6.07, 6.45) is 1.90. The lowest BCUT2D eigenvalue weighted by Crippen LogP contribution is -2.26. The van der Waals surface area contributed by atoms with E-state index in [1.807, 2.05) is 23.6 Å². The first-order chi connectivity index (χ1) is 26.7. The molecule has 0 bridgehead atoms. The Morgan fingerprint density at radius 3 is 2.24 bits per heavy atom. The molecule has 3 aromatic heterocycles. The number of thiophene rings is 1. The molecule has 0 amide bonds. The number of hydrogen-bond acceptors (Lipinski definition) is 6. The number of hydrogen-bond donors (Lipinski definition) is 0. The second-order valence-electron chi connectivity index (χ2n) is 15.6. The van der Waals surface area contributed by atoms with Gasteiger partial charge in [0.1, 0.15) is 24.0 Å². The van der Waals surface area contributed by atoms with E-state index in [2.05, 4.69) is 188 Å². The van der Waals surface area contributed by atoms with Crippen LogP contribution in [0.25, 0.3) is 47.8 Å². The Hall–Kier alpha value is -6.31. The van der Waals surface area contributed by atoms with Crippen molar-refractivity contribution in [2.45, 2.75) is 26.2 Å². The van der Waals surface area contributed by atoms with Gasteiger partial charge in [-0.2, -0.15) is 0 Å². The normalized spacial score (nSPS) is 13.0. The summed E-state index contributed by atoms with van der Waals surface area (Å²) in [6.45, 7) is 7.55. The van der Waals surface area contributed by atoms with Crippen molar-refractivity contribution in [1.29, 1.82) is 0 Å². The Balaban J connectivity index is 1.07. The van der Waals surface area contributed by atoms with Crippen LogP contribution in [0, 0.1) is 0 Å². The molecule has 6 aromatic carbocycles. The van der Waals surface area contributed by atoms with Gasteiger partial charge in [0.25, 0.3) is 0 Å². The second-order valence-corrected chi connectivity index (χ2v) is 16.6. The summed E-state index contributed by atoms with van der Waals surface area (Å²) in [4.78, 5) is 11.9. The van der Waals surface area contributed by atoms with Crippen LogP contribution in [0.2, 0.25) is 0 Å². The second kappa shape index (κ2) is 12.6. The topological polar surface area (TPSA) is 36.8 Å². The third-order valence-electron chi connectivity index (χ3n) is 10.8. The van der Waals surface area contributed by atoms with E-state index in [1.54, 1.807) is 0 Å². The summed E-state index contributed by atoms with van der Waals surface area (Å²) < 4.78 is 11.6. The van der Waals surface area contributed by atoms with Crippen molar-refractivity contribution < 1.29 is 4.74 Å². The highest BCUT2D eigenvalue weighted by Crippen LogP contribution is 2.48. The van der Waals surface area contributed by atoms with Crippen LogP contribution >= 0.6 is 11.3 Å². The minimum atomic E-state index is 0.00882. The lowest BCUT2D eigenvalue weighted by molar-refractivity contribution is 0.483. The zero-order chi connectivity index (χ0) is 37.4. The van der Waals surface area contributed by atoms with Crippen molar-refractivity contribution in [2.75, 3.05) is 35.5 Å². The number of rotatable bonds is 6. The number of para-hydroxylation sites is 3. The van der Waals surface area contributed by atoms with E-state index in [0.29, 0.717) is 6.67 Å². The molecule has 0 unspecified atom stereocenters. The van der Waals surface area contributed by atoms with Gasteiger partial charge in [-0.1, -0.05) is 87.5 Å². The molecule has 0 radical (unpaired) electrons. The molecule has 55 heavy (non-hydrogen) atoms. The molecular weight excluding hydrogens is 695 g/mol. The van der Waals surface area contributed by atoms with Crippen molar-refractivity contribution in [3.05, 3.63) is 151 Å². The molecule has 0 N–H and O–H groups in total. The highest BCUT2D eigenvalue weighted by Gasteiger charge is 2.31. The summed E-state index contributed by atoms with van der Waals surface area (Å²) in [5.74, 6) is 2.44. The SMILES string of the molecule is CN(C)c1ccnc(-n2c3cc(Oc4cccc(N5CN(c6ccccc6C(C)(C)C)c6ccccc65)c4)ccc3c3sc4ccc5ccccc5c4c32)c1. The molecule has 0 spiro atoms. The van der Waals surface area contributed by atoms with E-state index in [4.69, 9.17) is 9.72 Å². The van der Waals surface area contributed by atoms with Gasteiger partial charge in [-0.25, -0.2) is 4.98 Å². The number of anilines is 5. The van der Waals surface area contributed by atoms with Crippen LogP contribution in [0.15, 0.2) is 146 Å². The summed E-state index contributed by atoms with van der Waals surface area (Å²) >= 11 is 1.84. The Bertz CT molecular complexity index is 2930. The first kappa shape index (κ1) is 33.3. The number of fused-ring (bicyclic) bond motifs is 8. The first-order valence-corrected chi connectivity index (χ1v) is 19.6. The van der Waals surface area contributed by atoms with E-state index in [0.717, 1.165) is 34.2 Å². The lowest BCUT2D eigenvalue weighted by Gasteiger charge is -2.29. The molecule has 4 heterocycles. The zero-order valence-electron chi connectivity index (χ0n) is 31.6. The minimum absolute atomic E-state index is 0.00882. The minimum Gasteiger partial charge on any atom is -0.457 e. The predicted octanol–water partition coefficient (Wildman–Crippen LogP) is 12.9. The maximum absolute atomic E-state index is 6.75. The van der Waals surface area contributed by atoms with E-state index in [9.17, 15) is 0 Å². The van der Waals surface area contributed by atoms with Crippen LogP contribution in [0.5, 0.6) is 11.5 Å². The van der Waals surface area contributed by atoms with E-state index < -0.39 is 0 Å². The number of aromatic nitrogens is 2. The summed E-state index contributed by atoms with van der Waals surface area (Å²) in [5.41, 5.74) is 9.36. The van der Waals surface area contributed by atoms with Gasteiger partial charge in [0.15, 0.2) is 0 Å². The molecule has 10 rings (SSSR count). The van der Waals surface area contributed by atoms with Crippen LogP contribution in [0.4, 0.5) is 28.4 Å². The van der Waals surface area contributed by atoms with Crippen LogP contribution in [0.1, 0.15) is 26.3 Å². The Kier molecular flexibility index (Phi) is 7.65. The fourth-order valence-electron chi connectivity index (χ4n) is 8.20. The predicted molar refractivity (Wildman–Crippen MR) is 233 cm³/mol. The highest BCUT2D eigenvalue weighted by atomic mass is 32.1. The third-order valence-corrected chi connectivity index (χ3v) is 12.0. The molecule has 270 valence electrons. The molecule has 6 nitrogen and oxygen atoms in total. The van der Waals surface area contributed by atoms with Gasteiger partial charge in [-0.15, -0.1) is 11.3 Å². The van der Waals surface area contributed by atoms with E-state index in [1.165, 1.54) is 59.1 Å². The molecule has 0 saturated heterocycles. The lowest BCUT2D eigenvalue weighted by atomic mass is 9.85. The van der Waals surface area contributed by atoms with Crippen molar-refractivity contribution in [3.63, 3.8) is 0 Å². The summed E-state index contributed by atoms with van der Waals surface area (Å²) in [6, 6.07) is 49.8. The number of ether oxygens (including phenoxy) is 1. The number of nitrogens with zero attached hydrogens (tertiary/aromatic N) is 5. The maximum atomic E-state index is 6.75. The standard InChI is InChI=1S/C48H41N5OS/c1-48(2,3)38-17-8-9-18-39(38)52-30-51(40-19-10-11-20-41(40)52)33-14-12-15-34(27-33)54-35-22-23-37-42(29-35)53(44-28-32(50(4)5)25-26-49-44)46-45-36-16-7-6-13-31(36)21-24-43(45)55-47(37)46/h6-29H,30H2,1-5H3. The van der Waals surface area contributed by atoms with Crippen LogP contribution < -0.4 is 19.4 Å². The van der Waals surface area contributed by atoms with Crippen molar-refractivity contribution in [3.8, 4) is 17.3 Å². The molecule has 0 atom stereocenters. The smallest absolute Gasteiger partial charge is 0.139 e.